The third kappa shape index (κ3) is 2.46. The smallest absolute Gasteiger partial charge is 0.261 e. The highest BCUT2D eigenvalue weighted by molar-refractivity contribution is 7.14. The van der Waals surface area contributed by atoms with E-state index >= 15 is 0 Å². The van der Waals surface area contributed by atoms with Gasteiger partial charge in [0.15, 0.2) is 0 Å². The van der Waals surface area contributed by atoms with Crippen molar-refractivity contribution in [2.24, 2.45) is 0 Å². The zero-order valence-electron chi connectivity index (χ0n) is 8.86. The minimum atomic E-state index is -0.0684. The van der Waals surface area contributed by atoms with Gasteiger partial charge in [-0.1, -0.05) is 6.92 Å². The number of aromatic amines is 1. The van der Waals surface area contributed by atoms with E-state index in [4.69, 9.17) is 0 Å². The van der Waals surface area contributed by atoms with Crippen LogP contribution in [-0.4, -0.2) is 21.1 Å². The van der Waals surface area contributed by atoms with E-state index in [-0.39, 0.29) is 5.91 Å². The second kappa shape index (κ2) is 4.89. The second-order valence-electron chi connectivity index (χ2n) is 3.23. The van der Waals surface area contributed by atoms with Crippen molar-refractivity contribution in [1.29, 1.82) is 0 Å². The summed E-state index contributed by atoms with van der Waals surface area (Å²) in [6.07, 6.45) is 2.38. The topological polar surface area (TPSA) is 70.7 Å². The van der Waals surface area contributed by atoms with E-state index in [1.165, 1.54) is 22.5 Å². The van der Waals surface area contributed by atoms with Crippen molar-refractivity contribution in [1.82, 2.24) is 20.5 Å². The Morgan fingerprint density at radius 1 is 1.56 bits per heavy atom. The molecular weight excluding hydrogens is 224 g/mol. The Hall–Kier alpha value is -1.69. The molecule has 0 aliphatic heterocycles. The van der Waals surface area contributed by atoms with Crippen molar-refractivity contribution in [2.75, 3.05) is 0 Å². The molecule has 84 valence electrons. The molecule has 1 amide bonds. The van der Waals surface area contributed by atoms with Crippen molar-refractivity contribution in [2.45, 2.75) is 19.9 Å². The van der Waals surface area contributed by atoms with E-state index < -0.39 is 0 Å². The summed E-state index contributed by atoms with van der Waals surface area (Å²) in [5, 5.41) is 9.17. The van der Waals surface area contributed by atoms with Crippen LogP contribution in [0.3, 0.4) is 0 Å². The van der Waals surface area contributed by atoms with E-state index in [1.807, 2.05) is 12.1 Å². The fraction of sp³-hybridized carbons (Fsp3) is 0.300. The number of H-pyrrole nitrogens is 1. The average molecular weight is 236 g/mol. The van der Waals surface area contributed by atoms with Gasteiger partial charge in [0, 0.05) is 4.88 Å². The van der Waals surface area contributed by atoms with Crippen LogP contribution in [0.2, 0.25) is 0 Å². The summed E-state index contributed by atoms with van der Waals surface area (Å²) >= 11 is 1.52. The van der Waals surface area contributed by atoms with Crippen LogP contribution in [0.25, 0.3) is 0 Å². The number of nitrogens with zero attached hydrogens (tertiary/aromatic N) is 2. The van der Waals surface area contributed by atoms with Crippen LogP contribution in [-0.2, 0) is 13.0 Å². The second-order valence-corrected chi connectivity index (χ2v) is 4.40. The summed E-state index contributed by atoms with van der Waals surface area (Å²) in [5.41, 5.74) is 0. The molecule has 2 aromatic rings. The number of hydrogen-bond donors (Lipinski definition) is 2. The van der Waals surface area contributed by atoms with Crippen LogP contribution < -0.4 is 5.32 Å². The van der Waals surface area contributed by atoms with E-state index in [1.54, 1.807) is 0 Å². The number of hydrogen-bond acceptors (Lipinski definition) is 4. The lowest BCUT2D eigenvalue weighted by Crippen LogP contribution is -2.22. The summed E-state index contributed by atoms with van der Waals surface area (Å²) in [7, 11) is 0. The molecule has 0 aromatic carbocycles. The first-order chi connectivity index (χ1) is 7.79. The average Bonchev–Trinajstić information content (AvgIpc) is 2.96. The fourth-order valence-electron chi connectivity index (χ4n) is 1.26. The van der Waals surface area contributed by atoms with Gasteiger partial charge in [-0.15, -0.1) is 11.3 Å². The summed E-state index contributed by atoms with van der Waals surface area (Å²) in [5.74, 6) is 0.585. The Labute approximate surface area is 96.9 Å². The van der Waals surface area contributed by atoms with Gasteiger partial charge >= 0.3 is 0 Å². The third-order valence-corrected chi connectivity index (χ3v) is 3.34. The Kier molecular flexibility index (Phi) is 3.31. The molecule has 0 aliphatic carbocycles. The van der Waals surface area contributed by atoms with Crippen LogP contribution in [0, 0.1) is 0 Å². The molecule has 0 spiro atoms. The predicted octanol–water partition coefficient (Wildman–Crippen LogP) is 1.36. The molecular formula is C10H12N4OS. The zero-order chi connectivity index (χ0) is 11.4. The molecule has 0 fully saturated rings. The molecule has 0 saturated heterocycles. The van der Waals surface area contributed by atoms with E-state index in [0.29, 0.717) is 12.4 Å². The third-order valence-electron chi connectivity index (χ3n) is 2.12. The number of carbonyl (C=O) groups is 1. The number of carbonyl (C=O) groups excluding carboxylic acids is 1. The molecule has 0 radical (unpaired) electrons. The van der Waals surface area contributed by atoms with Gasteiger partial charge in [-0.05, 0) is 18.6 Å². The first-order valence-electron chi connectivity index (χ1n) is 5.00. The van der Waals surface area contributed by atoms with E-state index in [2.05, 4.69) is 27.4 Å². The molecule has 6 heteroatoms. The largest absolute Gasteiger partial charge is 0.344 e. The maximum Gasteiger partial charge on any atom is 0.261 e. The molecule has 2 N–H and O–H groups in total. The zero-order valence-corrected chi connectivity index (χ0v) is 9.67. The van der Waals surface area contributed by atoms with Crippen LogP contribution in [0.5, 0.6) is 0 Å². The van der Waals surface area contributed by atoms with Crippen molar-refractivity contribution >= 4 is 17.2 Å². The number of amides is 1. The molecule has 0 unspecified atom stereocenters. The Bertz CT molecular complexity index is 463. The van der Waals surface area contributed by atoms with Gasteiger partial charge in [0.1, 0.15) is 12.2 Å². The van der Waals surface area contributed by atoms with Crippen molar-refractivity contribution in [3.8, 4) is 0 Å². The highest BCUT2D eigenvalue weighted by atomic mass is 32.1. The van der Waals surface area contributed by atoms with Gasteiger partial charge < -0.3 is 5.32 Å². The lowest BCUT2D eigenvalue weighted by molar-refractivity contribution is 0.0954. The highest BCUT2D eigenvalue weighted by Crippen LogP contribution is 2.16. The van der Waals surface area contributed by atoms with Gasteiger partial charge in [-0.3, -0.25) is 9.89 Å². The number of aryl methyl sites for hydroxylation is 1. The molecule has 0 atom stereocenters. The minimum Gasteiger partial charge on any atom is -0.344 e. The minimum absolute atomic E-state index is 0.0684. The lowest BCUT2D eigenvalue weighted by Gasteiger charge is -1.99. The maximum atomic E-state index is 11.7. The maximum absolute atomic E-state index is 11.7. The number of nitrogens with one attached hydrogen (secondary N) is 2. The molecule has 0 bridgehead atoms. The van der Waals surface area contributed by atoms with E-state index in [9.17, 15) is 4.79 Å². The number of thiophene rings is 1. The van der Waals surface area contributed by atoms with Crippen molar-refractivity contribution in [3.05, 3.63) is 34.0 Å². The molecule has 2 aromatic heterocycles. The van der Waals surface area contributed by atoms with Gasteiger partial charge in [0.25, 0.3) is 5.91 Å². The van der Waals surface area contributed by atoms with Crippen molar-refractivity contribution in [3.63, 3.8) is 0 Å². The summed E-state index contributed by atoms with van der Waals surface area (Å²) in [6, 6.07) is 3.83. The standard InChI is InChI=1S/C10H12N4OS/c1-2-7-3-4-8(16-7)10(15)11-5-9-12-6-13-14-9/h3-4,6H,2,5H2,1H3,(H,11,15)(H,12,13,14). The summed E-state index contributed by atoms with van der Waals surface area (Å²) < 4.78 is 0. The Morgan fingerprint density at radius 2 is 2.44 bits per heavy atom. The van der Waals surface area contributed by atoms with Crippen LogP contribution in [0.4, 0.5) is 0 Å². The molecule has 2 rings (SSSR count). The number of rotatable bonds is 4. The lowest BCUT2D eigenvalue weighted by atomic mass is 10.3. The Morgan fingerprint density at radius 3 is 3.06 bits per heavy atom. The predicted molar refractivity (Wildman–Crippen MR) is 61.2 cm³/mol. The molecule has 0 aliphatic rings. The molecule has 2 heterocycles. The number of aromatic nitrogens is 3. The summed E-state index contributed by atoms with van der Waals surface area (Å²) in [4.78, 5) is 17.6. The van der Waals surface area contributed by atoms with Crippen LogP contribution >= 0.6 is 11.3 Å². The highest BCUT2D eigenvalue weighted by Gasteiger charge is 2.08. The van der Waals surface area contributed by atoms with Crippen LogP contribution in [0.15, 0.2) is 18.5 Å². The quantitative estimate of drug-likeness (QED) is 0.842. The Balaban J connectivity index is 1.93. The normalized spacial score (nSPS) is 10.3. The monoisotopic (exact) mass is 236 g/mol. The van der Waals surface area contributed by atoms with Gasteiger partial charge in [-0.25, -0.2) is 4.98 Å². The molecule has 16 heavy (non-hydrogen) atoms. The first kappa shape index (κ1) is 10.8. The fourth-order valence-corrected chi connectivity index (χ4v) is 2.12. The summed E-state index contributed by atoms with van der Waals surface area (Å²) in [6.45, 7) is 2.44. The van der Waals surface area contributed by atoms with Gasteiger partial charge in [0.2, 0.25) is 0 Å². The van der Waals surface area contributed by atoms with Gasteiger partial charge in [-0.2, -0.15) is 5.10 Å². The van der Waals surface area contributed by atoms with Crippen LogP contribution in [0.1, 0.15) is 27.3 Å². The van der Waals surface area contributed by atoms with E-state index in [0.717, 1.165) is 11.3 Å². The molecule has 0 saturated carbocycles. The SMILES string of the molecule is CCc1ccc(C(=O)NCc2ncn[nH]2)s1. The van der Waals surface area contributed by atoms with Crippen molar-refractivity contribution < 1.29 is 4.79 Å². The molecule has 5 nitrogen and oxygen atoms in total. The first-order valence-corrected chi connectivity index (χ1v) is 5.82. The van der Waals surface area contributed by atoms with Gasteiger partial charge in [0.05, 0.1) is 11.4 Å².